The molecule has 0 heteroatoms. The summed E-state index contributed by atoms with van der Waals surface area (Å²) in [6.07, 6.45) is 36.9. The predicted octanol–water partition coefficient (Wildman–Crippen LogP) is 24.6. The molecule has 0 aromatic carbocycles. The highest BCUT2D eigenvalue weighted by Gasteiger charge is 2.65. The van der Waals surface area contributed by atoms with E-state index in [0.29, 0.717) is 28.1 Å². The molecule has 73 heavy (non-hydrogen) atoms. The molecule has 432 valence electrons. The molecule has 5 rings (SSSR count). The van der Waals surface area contributed by atoms with Crippen LogP contribution in [0.3, 0.4) is 0 Å². The van der Waals surface area contributed by atoms with E-state index in [4.69, 9.17) is 0 Å². The summed E-state index contributed by atoms with van der Waals surface area (Å²) in [5.74, 6) is 10.5. The summed E-state index contributed by atoms with van der Waals surface area (Å²) in [5.41, 5.74) is 2.37. The van der Waals surface area contributed by atoms with Crippen LogP contribution in [0.25, 0.3) is 0 Å². The van der Waals surface area contributed by atoms with Crippen LogP contribution in [-0.2, 0) is 0 Å². The molecule has 5 fully saturated rings. The van der Waals surface area contributed by atoms with Crippen LogP contribution in [-0.4, -0.2) is 0 Å². The second-order valence-electron chi connectivity index (χ2n) is 35.7. The highest BCUT2D eigenvalue weighted by molar-refractivity contribution is 5.13. The molecule has 10 unspecified atom stereocenters. The second-order valence-corrected chi connectivity index (χ2v) is 35.7. The van der Waals surface area contributed by atoms with Gasteiger partial charge in [-0.25, -0.2) is 0 Å². The summed E-state index contributed by atoms with van der Waals surface area (Å²) >= 11 is 0. The zero-order valence-corrected chi connectivity index (χ0v) is 55.6. The van der Waals surface area contributed by atoms with Gasteiger partial charge in [0.25, 0.3) is 0 Å². The van der Waals surface area contributed by atoms with Crippen molar-refractivity contribution in [3.63, 3.8) is 0 Å². The molecule has 0 aromatic heterocycles. The molecule has 0 bridgehead atoms. The summed E-state index contributed by atoms with van der Waals surface area (Å²) in [4.78, 5) is 0. The number of hydrogen-bond acceptors (Lipinski definition) is 0. The molecule has 0 N–H and O–H groups in total. The maximum absolute atomic E-state index is 2.72. The van der Waals surface area contributed by atoms with Crippen molar-refractivity contribution in [1.82, 2.24) is 0 Å². The largest absolute Gasteiger partial charge is 0.0628 e. The van der Waals surface area contributed by atoms with Crippen LogP contribution in [0, 0.1) is 125 Å². The third-order valence-corrected chi connectivity index (χ3v) is 27.7. The molecular formula is C73H140. The second kappa shape index (κ2) is 24.8. The number of rotatable bonds is 24. The van der Waals surface area contributed by atoms with Gasteiger partial charge >= 0.3 is 0 Å². The van der Waals surface area contributed by atoms with E-state index < -0.39 is 0 Å². The van der Waals surface area contributed by atoms with Gasteiger partial charge < -0.3 is 0 Å². The molecule has 5 aliphatic rings. The molecule has 0 saturated heterocycles. The average Bonchev–Trinajstić information content (AvgIpc) is 3.80. The summed E-state index contributed by atoms with van der Waals surface area (Å²) in [6, 6.07) is 0. The quantitative estimate of drug-likeness (QED) is 0.0904. The van der Waals surface area contributed by atoms with E-state index in [1.165, 1.54) is 161 Å². The lowest BCUT2D eigenvalue weighted by Gasteiger charge is -2.69. The predicted molar refractivity (Wildman–Crippen MR) is 329 cm³/mol. The SMILES string of the molecule is C1CCC1.CC(C)CC1CCC(C)C1CC(C)(C)CC1CCCCC1CC(C)(C)CC1CCCCC1CC(C)(C)CC1CCCC1CC(C)C(C)(C)C(C)(C)C(C)(C)C(C)(C)C(C)(C)C(C)(C)C(C)(C)C(C)C. The molecule has 5 saturated carbocycles. The monoisotopic (exact) mass is 1020 g/mol. The van der Waals surface area contributed by atoms with E-state index >= 15 is 0 Å². The summed E-state index contributed by atoms with van der Waals surface area (Å²) < 4.78 is 0. The van der Waals surface area contributed by atoms with Gasteiger partial charge in [-0.2, -0.15) is 0 Å². The van der Waals surface area contributed by atoms with Gasteiger partial charge in [0, 0.05) is 0 Å². The van der Waals surface area contributed by atoms with Gasteiger partial charge in [0.15, 0.2) is 0 Å². The molecule has 0 amide bonds. The van der Waals surface area contributed by atoms with Gasteiger partial charge in [0.1, 0.15) is 0 Å². The first kappa shape index (κ1) is 65.5. The first-order valence-electron chi connectivity index (χ1n) is 33.2. The van der Waals surface area contributed by atoms with Crippen LogP contribution in [0.2, 0.25) is 0 Å². The van der Waals surface area contributed by atoms with E-state index in [0.717, 1.165) is 59.2 Å². The van der Waals surface area contributed by atoms with Crippen molar-refractivity contribution < 1.29 is 0 Å². The van der Waals surface area contributed by atoms with Gasteiger partial charge in [-0.05, 0) is 183 Å². The summed E-state index contributed by atoms with van der Waals surface area (Å²) in [5, 5.41) is 0. The first-order valence-corrected chi connectivity index (χ1v) is 33.2. The van der Waals surface area contributed by atoms with Crippen molar-refractivity contribution in [2.75, 3.05) is 0 Å². The van der Waals surface area contributed by atoms with Crippen molar-refractivity contribution in [3.05, 3.63) is 0 Å². The normalized spacial score (nSPS) is 29.3. The third kappa shape index (κ3) is 15.1. The third-order valence-electron chi connectivity index (χ3n) is 27.7. The Balaban J connectivity index is 0.00000274. The van der Waals surface area contributed by atoms with E-state index in [9.17, 15) is 0 Å². The number of hydrogen-bond donors (Lipinski definition) is 0. The van der Waals surface area contributed by atoms with Crippen molar-refractivity contribution >= 4 is 0 Å². The van der Waals surface area contributed by atoms with Gasteiger partial charge in [-0.1, -0.05) is 283 Å². The van der Waals surface area contributed by atoms with Crippen LogP contribution >= 0.6 is 0 Å². The Hall–Kier alpha value is 0. The molecule has 0 aliphatic heterocycles. The molecular weight excluding hydrogens is 877 g/mol. The van der Waals surface area contributed by atoms with Gasteiger partial charge in [-0.15, -0.1) is 0 Å². The van der Waals surface area contributed by atoms with E-state index in [1.807, 2.05) is 0 Å². The van der Waals surface area contributed by atoms with Crippen molar-refractivity contribution in [3.8, 4) is 0 Å². The van der Waals surface area contributed by atoms with Crippen LogP contribution < -0.4 is 0 Å². The molecule has 0 heterocycles. The minimum absolute atomic E-state index is 0.0997. The zero-order chi connectivity index (χ0) is 55.6. The minimum Gasteiger partial charge on any atom is -0.0628 e. The molecule has 0 radical (unpaired) electrons. The highest BCUT2D eigenvalue weighted by atomic mass is 14.7. The van der Waals surface area contributed by atoms with Crippen LogP contribution in [0.1, 0.15) is 341 Å². The maximum Gasteiger partial charge on any atom is -0.0241 e. The Labute approximate surface area is 463 Å². The topological polar surface area (TPSA) is 0 Å². The Morgan fingerprint density at radius 1 is 0.301 bits per heavy atom. The Morgan fingerprint density at radius 2 is 0.616 bits per heavy atom. The lowest BCUT2D eigenvalue weighted by molar-refractivity contribution is -0.207. The van der Waals surface area contributed by atoms with E-state index in [2.05, 4.69) is 180 Å². The first-order chi connectivity index (χ1) is 33.2. The van der Waals surface area contributed by atoms with Crippen LogP contribution in [0.15, 0.2) is 0 Å². The van der Waals surface area contributed by atoms with Crippen LogP contribution in [0.5, 0.6) is 0 Å². The van der Waals surface area contributed by atoms with Gasteiger partial charge in [0.2, 0.25) is 0 Å². The van der Waals surface area contributed by atoms with Crippen molar-refractivity contribution in [2.45, 2.75) is 341 Å². The standard InChI is InChI=1S/C69H132.C4H8/c1-48(2)40-53-39-38-50(5)59(53)47-62(11,12)46-58-35-30-29-34-57(58)45-61(9,10)44-56-33-28-27-32-55(56)43-60(7,8)42-54-37-31-36-52(54)41-51(6)64(15,16)66(19,20)68(23,24)69(25,26)67(21,22)65(17,18)63(13,14)49(3)4;1-2-4-3-1/h48-59H,27-47H2,1-26H3;1-4H2. The zero-order valence-electron chi connectivity index (χ0n) is 55.6. The van der Waals surface area contributed by atoms with E-state index in [-0.39, 0.29) is 37.9 Å². The van der Waals surface area contributed by atoms with Gasteiger partial charge in [0.05, 0.1) is 0 Å². The fourth-order valence-electron chi connectivity index (χ4n) is 18.7. The fraction of sp³-hybridized carbons (Fsp3) is 1.00. The summed E-state index contributed by atoms with van der Waals surface area (Å²) in [7, 11) is 0. The van der Waals surface area contributed by atoms with Gasteiger partial charge in [-0.3, -0.25) is 0 Å². The Morgan fingerprint density at radius 3 is 0.973 bits per heavy atom. The molecule has 10 atom stereocenters. The molecule has 5 aliphatic carbocycles. The fourth-order valence-corrected chi connectivity index (χ4v) is 18.7. The Bertz CT molecular complexity index is 1620. The van der Waals surface area contributed by atoms with Crippen molar-refractivity contribution in [1.29, 1.82) is 0 Å². The van der Waals surface area contributed by atoms with Crippen molar-refractivity contribution in [2.24, 2.45) is 125 Å². The summed E-state index contributed by atoms with van der Waals surface area (Å²) in [6.45, 7) is 68.2. The smallest absolute Gasteiger partial charge is 0.0241 e. The Kier molecular flexibility index (Phi) is 22.2. The average molecular weight is 1020 g/mol. The lowest BCUT2D eigenvalue weighted by atomic mass is 9.36. The van der Waals surface area contributed by atoms with Crippen LogP contribution in [0.4, 0.5) is 0 Å². The molecule has 0 spiro atoms. The molecule has 0 nitrogen and oxygen atoms in total. The highest BCUT2D eigenvalue weighted by Crippen LogP contribution is 2.71. The lowest BCUT2D eigenvalue weighted by Crippen LogP contribution is -2.62. The maximum atomic E-state index is 2.72. The molecule has 0 aromatic rings. The minimum atomic E-state index is 0.0997. The van der Waals surface area contributed by atoms with E-state index in [1.54, 1.807) is 0 Å².